The smallest absolute Gasteiger partial charge is 0.134 e. The van der Waals surface area contributed by atoms with Crippen LogP contribution < -0.4 is 5.32 Å². The molecule has 0 aromatic carbocycles. The Morgan fingerprint density at radius 3 is 3.15 bits per heavy atom. The number of nitrogens with zero attached hydrogens (tertiary/aromatic N) is 1. The maximum absolute atomic E-state index is 4.37. The second kappa shape index (κ2) is 3.96. The van der Waals surface area contributed by atoms with Crippen molar-refractivity contribution >= 4 is 49.9 Å². The Morgan fingerprint density at radius 1 is 1.54 bits per heavy atom. The first kappa shape index (κ1) is 9.45. The monoisotopic (exact) mass is 350 g/mol. The SMILES string of the molecule is Brc1ccc2c(n1)NCC/C2=C\I. The quantitative estimate of drug-likeness (QED) is 0.572. The fraction of sp³-hybridized carbons (Fsp3) is 0.222. The molecular weight excluding hydrogens is 343 g/mol. The highest BCUT2D eigenvalue weighted by Crippen LogP contribution is 2.30. The Hall–Kier alpha value is -0.100. The highest BCUT2D eigenvalue weighted by atomic mass is 127. The second-order valence-electron chi connectivity index (χ2n) is 2.84. The largest absolute Gasteiger partial charge is 0.369 e. The van der Waals surface area contributed by atoms with E-state index in [1.54, 1.807) is 0 Å². The molecule has 0 saturated heterocycles. The van der Waals surface area contributed by atoms with E-state index >= 15 is 0 Å². The van der Waals surface area contributed by atoms with Crippen molar-refractivity contribution in [3.8, 4) is 0 Å². The number of rotatable bonds is 0. The summed E-state index contributed by atoms with van der Waals surface area (Å²) in [5, 5.41) is 3.28. The van der Waals surface area contributed by atoms with Crippen LogP contribution in [0.25, 0.3) is 5.57 Å². The fourth-order valence-electron chi connectivity index (χ4n) is 1.39. The minimum Gasteiger partial charge on any atom is -0.369 e. The van der Waals surface area contributed by atoms with Crippen LogP contribution in [0.1, 0.15) is 12.0 Å². The summed E-state index contributed by atoms with van der Waals surface area (Å²) in [4.78, 5) is 4.37. The summed E-state index contributed by atoms with van der Waals surface area (Å²) in [5.74, 6) is 0.989. The molecule has 1 aromatic rings. The molecule has 4 heteroatoms. The summed E-state index contributed by atoms with van der Waals surface area (Å²) in [7, 11) is 0. The van der Waals surface area contributed by atoms with Gasteiger partial charge in [0.2, 0.25) is 0 Å². The van der Waals surface area contributed by atoms with E-state index in [4.69, 9.17) is 0 Å². The number of pyridine rings is 1. The van der Waals surface area contributed by atoms with Gasteiger partial charge >= 0.3 is 0 Å². The summed E-state index contributed by atoms with van der Waals surface area (Å²) in [6, 6.07) is 4.08. The van der Waals surface area contributed by atoms with Crippen molar-refractivity contribution in [1.82, 2.24) is 4.98 Å². The van der Waals surface area contributed by atoms with E-state index in [0.29, 0.717) is 0 Å². The molecule has 0 aliphatic carbocycles. The molecule has 0 atom stereocenters. The van der Waals surface area contributed by atoms with Crippen LogP contribution in [-0.2, 0) is 0 Å². The summed E-state index contributed by atoms with van der Waals surface area (Å²) >= 11 is 5.64. The number of nitrogens with one attached hydrogen (secondary N) is 1. The standard InChI is InChI=1S/C9H8BrIN2/c10-8-2-1-7-6(5-11)3-4-12-9(7)13-8/h1-2,5H,3-4H2,(H,12,13)/b6-5+. The lowest BCUT2D eigenvalue weighted by molar-refractivity contribution is 1.02. The van der Waals surface area contributed by atoms with Gasteiger partial charge in [0.15, 0.2) is 0 Å². The van der Waals surface area contributed by atoms with Crippen molar-refractivity contribution in [3.63, 3.8) is 0 Å². The molecule has 1 N–H and O–H groups in total. The first-order valence-electron chi connectivity index (χ1n) is 4.01. The molecule has 1 aliphatic rings. The zero-order valence-corrected chi connectivity index (χ0v) is 10.6. The Morgan fingerprint density at radius 2 is 2.38 bits per heavy atom. The molecule has 0 radical (unpaired) electrons. The summed E-state index contributed by atoms with van der Waals surface area (Å²) < 4.78 is 3.01. The minimum absolute atomic E-state index is 0.883. The number of fused-ring (bicyclic) bond motifs is 1. The molecule has 2 rings (SSSR count). The van der Waals surface area contributed by atoms with Gasteiger partial charge in [-0.1, -0.05) is 22.6 Å². The topological polar surface area (TPSA) is 24.9 Å². The Balaban J connectivity index is 2.52. The maximum atomic E-state index is 4.37. The van der Waals surface area contributed by atoms with Crippen LogP contribution in [0.4, 0.5) is 5.82 Å². The van der Waals surface area contributed by atoms with Gasteiger partial charge in [0.25, 0.3) is 0 Å². The van der Waals surface area contributed by atoms with E-state index < -0.39 is 0 Å². The molecule has 1 aliphatic heterocycles. The van der Waals surface area contributed by atoms with E-state index in [2.05, 4.69) is 59.0 Å². The molecule has 0 fully saturated rings. The van der Waals surface area contributed by atoms with Gasteiger partial charge in [-0.3, -0.25) is 0 Å². The number of hydrogen-bond donors (Lipinski definition) is 1. The van der Waals surface area contributed by atoms with Gasteiger partial charge in [0.05, 0.1) is 0 Å². The summed E-state index contributed by atoms with van der Waals surface area (Å²) in [6.45, 7) is 0.977. The molecule has 0 amide bonds. The Kier molecular flexibility index (Phi) is 2.88. The normalized spacial score (nSPS) is 18.2. The van der Waals surface area contributed by atoms with Crippen LogP contribution in [0.15, 0.2) is 20.8 Å². The average Bonchev–Trinajstić information content (AvgIpc) is 2.16. The lowest BCUT2D eigenvalue weighted by Gasteiger charge is -2.19. The van der Waals surface area contributed by atoms with Crippen molar-refractivity contribution < 1.29 is 0 Å². The van der Waals surface area contributed by atoms with Crippen LogP contribution in [0.5, 0.6) is 0 Å². The van der Waals surface area contributed by atoms with E-state index in [0.717, 1.165) is 23.4 Å². The van der Waals surface area contributed by atoms with E-state index in [1.807, 2.05) is 6.07 Å². The predicted octanol–water partition coefficient (Wildman–Crippen LogP) is 3.44. The second-order valence-corrected chi connectivity index (χ2v) is 4.28. The molecule has 68 valence electrons. The number of hydrogen-bond acceptors (Lipinski definition) is 2. The molecule has 2 heterocycles. The van der Waals surface area contributed by atoms with Gasteiger partial charge in [-0.2, -0.15) is 0 Å². The molecule has 1 aromatic heterocycles. The highest BCUT2D eigenvalue weighted by molar-refractivity contribution is 14.1. The van der Waals surface area contributed by atoms with Crippen LogP contribution in [0.3, 0.4) is 0 Å². The molecular formula is C9H8BrIN2. The molecule has 0 unspecified atom stereocenters. The van der Waals surface area contributed by atoms with Crippen molar-refractivity contribution in [2.75, 3.05) is 11.9 Å². The van der Waals surface area contributed by atoms with Gasteiger partial charge in [-0.05, 0) is 44.1 Å². The number of anilines is 1. The van der Waals surface area contributed by atoms with Gasteiger partial charge in [0, 0.05) is 12.1 Å². The minimum atomic E-state index is 0.883. The summed E-state index contributed by atoms with van der Waals surface area (Å²) in [5.41, 5.74) is 2.60. The van der Waals surface area contributed by atoms with Gasteiger partial charge in [-0.15, -0.1) is 0 Å². The molecule has 0 spiro atoms. The Labute approximate surface area is 99.1 Å². The third kappa shape index (κ3) is 1.88. The fourth-order valence-corrected chi connectivity index (χ4v) is 2.35. The van der Waals surface area contributed by atoms with Crippen LogP contribution in [0.2, 0.25) is 0 Å². The van der Waals surface area contributed by atoms with Crippen LogP contribution >= 0.6 is 38.5 Å². The molecule has 0 saturated carbocycles. The third-order valence-corrected chi connectivity index (χ3v) is 3.22. The van der Waals surface area contributed by atoms with Crippen LogP contribution in [-0.4, -0.2) is 11.5 Å². The zero-order chi connectivity index (χ0) is 9.26. The molecule has 2 nitrogen and oxygen atoms in total. The average molecular weight is 351 g/mol. The number of halogens is 2. The lowest BCUT2D eigenvalue weighted by atomic mass is 10.0. The highest BCUT2D eigenvalue weighted by Gasteiger charge is 2.13. The summed E-state index contributed by atoms with van der Waals surface area (Å²) in [6.07, 6.45) is 1.08. The third-order valence-electron chi connectivity index (χ3n) is 2.03. The first-order chi connectivity index (χ1) is 6.31. The van der Waals surface area contributed by atoms with E-state index in [-0.39, 0.29) is 0 Å². The van der Waals surface area contributed by atoms with Crippen molar-refractivity contribution in [1.29, 1.82) is 0 Å². The molecule has 13 heavy (non-hydrogen) atoms. The Bertz CT molecular complexity index is 363. The zero-order valence-electron chi connectivity index (χ0n) is 6.85. The van der Waals surface area contributed by atoms with Gasteiger partial charge in [0.1, 0.15) is 10.4 Å². The van der Waals surface area contributed by atoms with Crippen molar-refractivity contribution in [2.24, 2.45) is 0 Å². The van der Waals surface area contributed by atoms with Crippen LogP contribution in [0, 0.1) is 0 Å². The van der Waals surface area contributed by atoms with Gasteiger partial charge in [-0.25, -0.2) is 4.98 Å². The maximum Gasteiger partial charge on any atom is 0.134 e. The van der Waals surface area contributed by atoms with Gasteiger partial charge < -0.3 is 5.32 Å². The van der Waals surface area contributed by atoms with E-state index in [1.165, 1.54) is 11.1 Å². The van der Waals surface area contributed by atoms with E-state index in [9.17, 15) is 0 Å². The predicted molar refractivity (Wildman–Crippen MR) is 67.0 cm³/mol. The van der Waals surface area contributed by atoms with Crippen molar-refractivity contribution in [3.05, 3.63) is 26.4 Å². The number of aromatic nitrogens is 1. The molecule has 0 bridgehead atoms. The lowest BCUT2D eigenvalue weighted by Crippen LogP contribution is -2.12. The first-order valence-corrected chi connectivity index (χ1v) is 6.05. The van der Waals surface area contributed by atoms with Crippen molar-refractivity contribution in [2.45, 2.75) is 6.42 Å².